The van der Waals surface area contributed by atoms with E-state index in [4.69, 9.17) is 10.7 Å². The molecule has 0 N–H and O–H groups in total. The third-order valence-electron chi connectivity index (χ3n) is 1.37. The zero-order chi connectivity index (χ0) is 11.8. The van der Waals surface area contributed by atoms with Crippen molar-refractivity contribution in [1.29, 1.82) is 0 Å². The predicted octanol–water partition coefficient (Wildman–Crippen LogP) is 3.47. The van der Waals surface area contributed by atoms with E-state index in [1.165, 1.54) is 6.07 Å². The molecule has 0 aliphatic rings. The summed E-state index contributed by atoms with van der Waals surface area (Å²) in [4.78, 5) is 2.67. The third-order valence-corrected chi connectivity index (χ3v) is 4.05. The van der Waals surface area contributed by atoms with Gasteiger partial charge < -0.3 is 0 Å². The second-order valence-corrected chi connectivity index (χ2v) is 6.55. The lowest BCUT2D eigenvalue weighted by molar-refractivity contribution is 0.142. The maximum absolute atomic E-state index is 12.5. The van der Waals surface area contributed by atoms with Crippen LogP contribution in [0.15, 0.2) is 20.0 Å². The summed E-state index contributed by atoms with van der Waals surface area (Å²) in [7, 11) is 0.755. The molecule has 0 amide bonds. The average Bonchev–Trinajstić information content (AvgIpc) is 1.99. The lowest BCUT2D eigenvalue weighted by atomic mass is 10.3. The highest BCUT2D eigenvalue weighted by molar-refractivity contribution is 9.11. The Labute approximate surface area is 106 Å². The first-order chi connectivity index (χ1) is 6.73. The van der Waals surface area contributed by atoms with Gasteiger partial charge in [-0.25, -0.2) is 22.2 Å². The SMILES string of the molecule is O=S(=O)(Cl)c1c(Br)cc(Br)nc1C(F)F. The van der Waals surface area contributed by atoms with Crippen molar-refractivity contribution < 1.29 is 17.2 Å². The molecule has 0 atom stereocenters. The Bertz CT molecular complexity index is 494. The van der Waals surface area contributed by atoms with Crippen LogP contribution in [-0.2, 0) is 9.05 Å². The van der Waals surface area contributed by atoms with Crippen LogP contribution in [0.3, 0.4) is 0 Å². The number of aromatic nitrogens is 1. The van der Waals surface area contributed by atoms with Crippen LogP contribution < -0.4 is 0 Å². The van der Waals surface area contributed by atoms with Gasteiger partial charge in [0, 0.05) is 15.2 Å². The molecule has 1 rings (SSSR count). The number of pyridine rings is 1. The standard InChI is InChI=1S/C6H2Br2ClF2NO2S/c7-2-1-3(8)12-4(6(10)11)5(2)15(9,13)14/h1,6H. The van der Waals surface area contributed by atoms with Crippen molar-refractivity contribution in [2.24, 2.45) is 0 Å². The molecule has 15 heavy (non-hydrogen) atoms. The van der Waals surface area contributed by atoms with Crippen LogP contribution in [0, 0.1) is 0 Å². The topological polar surface area (TPSA) is 47.0 Å². The fraction of sp³-hybridized carbons (Fsp3) is 0.167. The maximum Gasteiger partial charge on any atom is 0.281 e. The summed E-state index contributed by atoms with van der Waals surface area (Å²) in [5.41, 5.74) is -0.883. The summed E-state index contributed by atoms with van der Waals surface area (Å²) in [6.45, 7) is 0. The van der Waals surface area contributed by atoms with Gasteiger partial charge in [0.2, 0.25) is 0 Å². The minimum atomic E-state index is -4.26. The average molecular weight is 385 g/mol. The molecule has 1 aromatic rings. The molecule has 0 saturated heterocycles. The molecule has 1 aromatic heterocycles. The van der Waals surface area contributed by atoms with E-state index >= 15 is 0 Å². The molecule has 0 spiro atoms. The lowest BCUT2D eigenvalue weighted by Crippen LogP contribution is -2.03. The van der Waals surface area contributed by atoms with Gasteiger partial charge in [0.05, 0.1) is 0 Å². The molecular formula is C6H2Br2ClF2NO2S. The number of halogens is 5. The van der Waals surface area contributed by atoms with Gasteiger partial charge in [-0.1, -0.05) is 0 Å². The van der Waals surface area contributed by atoms with Gasteiger partial charge in [-0.15, -0.1) is 0 Å². The lowest BCUT2D eigenvalue weighted by Gasteiger charge is -2.07. The Morgan fingerprint density at radius 2 is 1.93 bits per heavy atom. The fourth-order valence-corrected chi connectivity index (χ4v) is 4.11. The molecule has 84 valence electrons. The molecule has 0 saturated carbocycles. The highest BCUT2D eigenvalue weighted by atomic mass is 79.9. The van der Waals surface area contributed by atoms with Gasteiger partial charge in [0.25, 0.3) is 15.5 Å². The fourth-order valence-electron chi connectivity index (χ4n) is 0.880. The summed E-state index contributed by atoms with van der Waals surface area (Å²) in [6.07, 6.45) is -3.03. The zero-order valence-corrected chi connectivity index (χ0v) is 11.5. The van der Waals surface area contributed by atoms with Crippen molar-refractivity contribution in [2.45, 2.75) is 11.3 Å². The Morgan fingerprint density at radius 3 is 2.33 bits per heavy atom. The van der Waals surface area contributed by atoms with Crippen molar-refractivity contribution >= 4 is 51.6 Å². The molecule has 0 aromatic carbocycles. The highest BCUT2D eigenvalue weighted by Crippen LogP contribution is 2.34. The summed E-state index contributed by atoms with van der Waals surface area (Å²) in [6, 6.07) is 1.22. The van der Waals surface area contributed by atoms with E-state index in [1.807, 2.05) is 0 Å². The predicted molar refractivity (Wildman–Crippen MR) is 57.6 cm³/mol. The second-order valence-electron chi connectivity index (χ2n) is 2.38. The smallest absolute Gasteiger partial charge is 0.238 e. The van der Waals surface area contributed by atoms with Crippen molar-refractivity contribution in [3.63, 3.8) is 0 Å². The summed E-state index contributed by atoms with van der Waals surface area (Å²) < 4.78 is 47.1. The minimum Gasteiger partial charge on any atom is -0.238 e. The molecule has 0 aliphatic heterocycles. The van der Waals surface area contributed by atoms with Crippen LogP contribution in [0.4, 0.5) is 8.78 Å². The number of hydrogen-bond acceptors (Lipinski definition) is 3. The van der Waals surface area contributed by atoms with Crippen molar-refractivity contribution in [1.82, 2.24) is 4.98 Å². The van der Waals surface area contributed by atoms with Gasteiger partial charge in [-0.3, -0.25) is 0 Å². The third kappa shape index (κ3) is 3.08. The molecule has 0 unspecified atom stereocenters. The molecule has 1 heterocycles. The van der Waals surface area contributed by atoms with Crippen molar-refractivity contribution in [3.8, 4) is 0 Å². The van der Waals surface area contributed by atoms with Gasteiger partial charge in [-0.05, 0) is 37.9 Å². The minimum absolute atomic E-state index is 0.0605. The number of alkyl halides is 2. The Hall–Kier alpha value is 0.210. The zero-order valence-electron chi connectivity index (χ0n) is 6.72. The summed E-state index contributed by atoms with van der Waals surface area (Å²) >= 11 is 5.70. The van der Waals surface area contributed by atoms with Crippen LogP contribution >= 0.6 is 42.5 Å². The van der Waals surface area contributed by atoms with E-state index in [9.17, 15) is 17.2 Å². The number of rotatable bonds is 2. The van der Waals surface area contributed by atoms with Gasteiger partial charge in [-0.2, -0.15) is 0 Å². The Kier molecular flexibility index (Phi) is 4.07. The maximum atomic E-state index is 12.5. The van der Waals surface area contributed by atoms with Gasteiger partial charge in [0.1, 0.15) is 15.2 Å². The second kappa shape index (κ2) is 4.60. The van der Waals surface area contributed by atoms with E-state index in [0.717, 1.165) is 0 Å². The van der Waals surface area contributed by atoms with Crippen molar-refractivity contribution in [2.75, 3.05) is 0 Å². The van der Waals surface area contributed by atoms with Crippen LogP contribution in [0.1, 0.15) is 12.1 Å². The van der Waals surface area contributed by atoms with E-state index in [0.29, 0.717) is 0 Å². The molecule has 0 bridgehead atoms. The van der Waals surface area contributed by atoms with Crippen LogP contribution in [0.25, 0.3) is 0 Å². The summed E-state index contributed by atoms with van der Waals surface area (Å²) in [5, 5.41) is 0. The van der Waals surface area contributed by atoms with E-state index in [-0.39, 0.29) is 9.08 Å². The Morgan fingerprint density at radius 1 is 1.40 bits per heavy atom. The van der Waals surface area contributed by atoms with Crippen molar-refractivity contribution in [3.05, 3.63) is 20.8 Å². The van der Waals surface area contributed by atoms with Crippen LogP contribution in [0.5, 0.6) is 0 Å². The largest absolute Gasteiger partial charge is 0.281 e. The Balaban J connectivity index is 3.62. The normalized spacial score (nSPS) is 12.1. The summed E-state index contributed by atoms with van der Waals surface area (Å²) in [5.74, 6) is 0. The van der Waals surface area contributed by atoms with E-state index in [1.54, 1.807) is 0 Å². The number of nitrogens with zero attached hydrogens (tertiary/aromatic N) is 1. The van der Waals surface area contributed by atoms with Crippen LogP contribution in [-0.4, -0.2) is 13.4 Å². The van der Waals surface area contributed by atoms with E-state index < -0.39 is 26.1 Å². The van der Waals surface area contributed by atoms with Crippen LogP contribution in [0.2, 0.25) is 0 Å². The van der Waals surface area contributed by atoms with Gasteiger partial charge in [0.15, 0.2) is 0 Å². The molecule has 3 nitrogen and oxygen atoms in total. The highest BCUT2D eigenvalue weighted by Gasteiger charge is 2.27. The monoisotopic (exact) mass is 383 g/mol. The number of hydrogen-bond donors (Lipinski definition) is 0. The molecule has 9 heteroatoms. The van der Waals surface area contributed by atoms with E-state index in [2.05, 4.69) is 36.8 Å². The molecule has 0 fully saturated rings. The van der Waals surface area contributed by atoms with Gasteiger partial charge >= 0.3 is 0 Å². The first-order valence-corrected chi connectivity index (χ1v) is 7.21. The molecule has 0 radical (unpaired) electrons. The first-order valence-electron chi connectivity index (χ1n) is 3.32. The quantitative estimate of drug-likeness (QED) is 0.579. The molecular weight excluding hydrogens is 383 g/mol. The first kappa shape index (κ1) is 13.3. The molecule has 0 aliphatic carbocycles.